The second-order valence-corrected chi connectivity index (χ2v) is 5.87. The van der Waals surface area contributed by atoms with Crippen LogP contribution in [0.15, 0.2) is 54.6 Å². The molecule has 0 aliphatic carbocycles. The van der Waals surface area contributed by atoms with E-state index >= 15 is 0 Å². The van der Waals surface area contributed by atoms with Crippen molar-refractivity contribution in [2.75, 3.05) is 20.2 Å². The molecule has 1 unspecified atom stereocenters. The number of hydrogen-bond acceptors (Lipinski definition) is 5. The highest BCUT2D eigenvalue weighted by Gasteiger charge is 2.23. The molecule has 134 valence electrons. The van der Waals surface area contributed by atoms with Crippen LogP contribution in [-0.2, 0) is 4.79 Å². The molecule has 1 amide bonds. The van der Waals surface area contributed by atoms with Crippen LogP contribution in [0.1, 0.15) is 5.56 Å². The van der Waals surface area contributed by atoms with Gasteiger partial charge in [-0.15, -0.1) is 0 Å². The van der Waals surface area contributed by atoms with Gasteiger partial charge in [-0.25, -0.2) is 0 Å². The topological polar surface area (TPSA) is 81.9 Å². The zero-order valence-corrected chi connectivity index (χ0v) is 14.2. The van der Waals surface area contributed by atoms with E-state index in [1.165, 1.54) is 23.1 Å². The fourth-order valence-corrected chi connectivity index (χ4v) is 2.63. The predicted octanol–water partition coefficient (Wildman–Crippen LogP) is 2.91. The summed E-state index contributed by atoms with van der Waals surface area (Å²) < 4.78 is 11.5. The summed E-state index contributed by atoms with van der Waals surface area (Å²) in [6.45, 7) is 0.691. The highest BCUT2D eigenvalue weighted by Crippen LogP contribution is 2.31. The van der Waals surface area contributed by atoms with E-state index in [9.17, 15) is 14.9 Å². The molecule has 0 radical (unpaired) electrons. The molecule has 0 fully saturated rings. The number of carbonyl (C=O) groups excluding carboxylic acids is 1. The fourth-order valence-electron chi connectivity index (χ4n) is 2.63. The highest BCUT2D eigenvalue weighted by molar-refractivity contribution is 5.92. The van der Waals surface area contributed by atoms with Crippen LogP contribution in [0.3, 0.4) is 0 Å². The molecule has 1 heterocycles. The van der Waals surface area contributed by atoms with Crippen molar-refractivity contribution in [3.63, 3.8) is 0 Å². The minimum atomic E-state index is -0.474. The summed E-state index contributed by atoms with van der Waals surface area (Å²) in [6, 6.07) is 13.6. The van der Waals surface area contributed by atoms with E-state index in [0.717, 1.165) is 0 Å². The molecule has 0 bridgehead atoms. The number of nitro benzene ring substituents is 1. The zero-order chi connectivity index (χ0) is 18.5. The lowest BCUT2D eigenvalue weighted by atomic mass is 10.1. The quantitative estimate of drug-likeness (QED) is 0.468. The second-order valence-electron chi connectivity index (χ2n) is 5.87. The summed E-state index contributed by atoms with van der Waals surface area (Å²) in [4.78, 5) is 24.3. The van der Waals surface area contributed by atoms with Gasteiger partial charge in [0.25, 0.3) is 5.69 Å². The van der Waals surface area contributed by atoms with E-state index in [1.54, 1.807) is 25.2 Å². The maximum atomic E-state index is 12.3. The van der Waals surface area contributed by atoms with Crippen LogP contribution in [0.2, 0.25) is 0 Å². The molecule has 26 heavy (non-hydrogen) atoms. The minimum absolute atomic E-state index is 0.0418. The van der Waals surface area contributed by atoms with E-state index in [2.05, 4.69) is 0 Å². The van der Waals surface area contributed by atoms with Crippen molar-refractivity contribution in [1.29, 1.82) is 0 Å². The van der Waals surface area contributed by atoms with Crippen LogP contribution in [0.4, 0.5) is 5.69 Å². The lowest BCUT2D eigenvalue weighted by Crippen LogP contribution is -2.41. The van der Waals surface area contributed by atoms with Gasteiger partial charge in [0.15, 0.2) is 17.6 Å². The SMILES string of the molecule is CN(CC1COc2ccccc2O1)C(=O)C=Cc1ccccc1[N+](=O)[O-]. The summed E-state index contributed by atoms with van der Waals surface area (Å²) in [6.07, 6.45) is 2.49. The largest absolute Gasteiger partial charge is 0.486 e. The molecule has 2 aromatic rings. The lowest BCUT2D eigenvalue weighted by molar-refractivity contribution is -0.385. The molecule has 3 rings (SSSR count). The minimum Gasteiger partial charge on any atom is -0.486 e. The molecule has 1 aliphatic heterocycles. The van der Waals surface area contributed by atoms with Crippen molar-refractivity contribution in [2.45, 2.75) is 6.10 Å². The number of amides is 1. The van der Waals surface area contributed by atoms with Crippen LogP contribution in [-0.4, -0.2) is 42.0 Å². The summed E-state index contributed by atoms with van der Waals surface area (Å²) in [7, 11) is 1.65. The third kappa shape index (κ3) is 4.00. The summed E-state index contributed by atoms with van der Waals surface area (Å²) >= 11 is 0. The Labute approximate surface area is 150 Å². The molecule has 0 aromatic heterocycles. The molecule has 1 atom stereocenters. The summed E-state index contributed by atoms with van der Waals surface area (Å²) in [5, 5.41) is 11.0. The molecule has 0 spiro atoms. The Bertz CT molecular complexity index is 849. The maximum Gasteiger partial charge on any atom is 0.276 e. The van der Waals surface area contributed by atoms with Crippen LogP contribution < -0.4 is 9.47 Å². The van der Waals surface area contributed by atoms with E-state index < -0.39 is 4.92 Å². The third-order valence-electron chi connectivity index (χ3n) is 3.96. The van der Waals surface area contributed by atoms with E-state index in [1.807, 2.05) is 24.3 Å². The number of fused-ring (bicyclic) bond motifs is 1. The van der Waals surface area contributed by atoms with Crippen molar-refractivity contribution in [3.8, 4) is 11.5 Å². The number of nitrogens with zero attached hydrogens (tertiary/aromatic N) is 2. The van der Waals surface area contributed by atoms with Gasteiger partial charge < -0.3 is 14.4 Å². The van der Waals surface area contributed by atoms with Gasteiger partial charge in [0, 0.05) is 19.2 Å². The number of likely N-dealkylation sites (N-methyl/N-ethyl adjacent to an activating group) is 1. The van der Waals surface area contributed by atoms with Gasteiger partial charge in [-0.05, 0) is 24.3 Å². The number of carbonyl (C=O) groups is 1. The normalized spacial score (nSPS) is 15.7. The van der Waals surface area contributed by atoms with Crippen molar-refractivity contribution in [3.05, 3.63) is 70.3 Å². The number of hydrogen-bond donors (Lipinski definition) is 0. The van der Waals surface area contributed by atoms with E-state index in [-0.39, 0.29) is 17.7 Å². The first-order valence-corrected chi connectivity index (χ1v) is 8.09. The average molecular weight is 354 g/mol. The highest BCUT2D eigenvalue weighted by atomic mass is 16.6. The average Bonchev–Trinajstić information content (AvgIpc) is 2.66. The fraction of sp³-hybridized carbons (Fsp3) is 0.211. The Morgan fingerprint density at radius 2 is 1.92 bits per heavy atom. The zero-order valence-electron chi connectivity index (χ0n) is 14.2. The molecule has 0 saturated heterocycles. The van der Waals surface area contributed by atoms with Crippen LogP contribution >= 0.6 is 0 Å². The van der Waals surface area contributed by atoms with Gasteiger partial charge in [-0.1, -0.05) is 24.3 Å². The van der Waals surface area contributed by atoms with Gasteiger partial charge in [0.1, 0.15) is 6.61 Å². The van der Waals surface area contributed by atoms with Crippen molar-refractivity contribution >= 4 is 17.7 Å². The first-order valence-electron chi connectivity index (χ1n) is 8.09. The number of benzene rings is 2. The smallest absolute Gasteiger partial charge is 0.276 e. The molecular weight excluding hydrogens is 336 g/mol. The summed E-state index contributed by atoms with van der Waals surface area (Å²) in [5.74, 6) is 1.07. The Kier molecular flexibility index (Phi) is 5.17. The number of nitro groups is 1. The Balaban J connectivity index is 1.61. The van der Waals surface area contributed by atoms with E-state index in [0.29, 0.717) is 30.2 Å². The first kappa shape index (κ1) is 17.5. The number of ether oxygens (including phenoxy) is 2. The van der Waals surface area contributed by atoms with E-state index in [4.69, 9.17) is 9.47 Å². The molecule has 0 saturated carbocycles. The van der Waals surface area contributed by atoms with Crippen LogP contribution in [0, 0.1) is 10.1 Å². The maximum absolute atomic E-state index is 12.3. The Hall–Kier alpha value is -3.35. The van der Waals surface area contributed by atoms with Crippen molar-refractivity contribution in [2.24, 2.45) is 0 Å². The molecule has 1 aliphatic rings. The summed E-state index contributed by atoms with van der Waals surface area (Å²) in [5.41, 5.74) is 0.338. The molecule has 7 heteroatoms. The van der Waals surface area contributed by atoms with Gasteiger partial charge in [-0.2, -0.15) is 0 Å². The molecule has 2 aromatic carbocycles. The standard InChI is InChI=1S/C19H18N2O5/c1-20(12-15-13-25-17-8-4-5-9-18(17)26-15)19(22)11-10-14-6-2-3-7-16(14)21(23)24/h2-11,15H,12-13H2,1H3. The molecule has 7 nitrogen and oxygen atoms in total. The molecule has 0 N–H and O–H groups in total. The second kappa shape index (κ2) is 7.69. The van der Waals surface area contributed by atoms with Gasteiger partial charge >= 0.3 is 0 Å². The number of rotatable bonds is 5. The number of para-hydroxylation sites is 3. The van der Waals surface area contributed by atoms with Crippen LogP contribution in [0.25, 0.3) is 6.08 Å². The van der Waals surface area contributed by atoms with Crippen molar-refractivity contribution < 1.29 is 19.2 Å². The Morgan fingerprint density at radius 1 is 1.23 bits per heavy atom. The van der Waals surface area contributed by atoms with Gasteiger partial charge in [-0.3, -0.25) is 14.9 Å². The van der Waals surface area contributed by atoms with Crippen molar-refractivity contribution in [1.82, 2.24) is 4.90 Å². The predicted molar refractivity (Wildman–Crippen MR) is 96.1 cm³/mol. The first-order chi connectivity index (χ1) is 12.5. The van der Waals surface area contributed by atoms with Gasteiger partial charge in [0.2, 0.25) is 5.91 Å². The Morgan fingerprint density at radius 3 is 2.69 bits per heavy atom. The third-order valence-corrected chi connectivity index (χ3v) is 3.96. The van der Waals surface area contributed by atoms with Crippen LogP contribution in [0.5, 0.6) is 11.5 Å². The molecular formula is C19H18N2O5. The monoisotopic (exact) mass is 354 g/mol. The lowest BCUT2D eigenvalue weighted by Gasteiger charge is -2.29. The van der Waals surface area contributed by atoms with Gasteiger partial charge in [0.05, 0.1) is 17.0 Å².